The van der Waals surface area contributed by atoms with Gasteiger partial charge < -0.3 is 15.2 Å². The number of nitrogens with one attached hydrogen (secondary N) is 1. The first-order valence-corrected chi connectivity index (χ1v) is 7.53. The standard InChI is InChI=1S/C19H19NO4/c1-14(19(22)23)20-18(21)12-9-15-7-10-17(11-8-15)24-13-16-5-3-2-4-6-16/h2-12,14H,13H2,1H3,(H,20,21)(H,22,23)/t14-/m1/s1. The van der Waals surface area contributed by atoms with Crippen LogP contribution in [0.25, 0.3) is 6.08 Å². The van der Waals surface area contributed by atoms with Gasteiger partial charge in [0.2, 0.25) is 5.91 Å². The molecule has 5 nitrogen and oxygen atoms in total. The largest absolute Gasteiger partial charge is 0.489 e. The van der Waals surface area contributed by atoms with Crippen LogP contribution in [0, 0.1) is 0 Å². The molecule has 0 fully saturated rings. The Morgan fingerprint density at radius 2 is 1.79 bits per heavy atom. The summed E-state index contributed by atoms with van der Waals surface area (Å²) in [5, 5.41) is 11.1. The van der Waals surface area contributed by atoms with Gasteiger partial charge in [0.1, 0.15) is 18.4 Å². The number of carboxylic acid groups (broad SMARTS) is 1. The molecule has 5 heteroatoms. The summed E-state index contributed by atoms with van der Waals surface area (Å²) in [6, 6.07) is 16.2. The van der Waals surface area contributed by atoms with Gasteiger partial charge >= 0.3 is 5.97 Å². The molecule has 0 bridgehead atoms. The number of benzene rings is 2. The highest BCUT2D eigenvalue weighted by Gasteiger charge is 2.11. The molecule has 0 aliphatic rings. The molecule has 0 unspecified atom stereocenters. The van der Waals surface area contributed by atoms with Gasteiger partial charge in [0.05, 0.1) is 0 Å². The summed E-state index contributed by atoms with van der Waals surface area (Å²) in [6.07, 6.45) is 2.92. The second kappa shape index (κ2) is 8.53. The van der Waals surface area contributed by atoms with Gasteiger partial charge in [-0.3, -0.25) is 9.59 Å². The van der Waals surface area contributed by atoms with Gasteiger partial charge in [-0.15, -0.1) is 0 Å². The Balaban J connectivity index is 1.86. The van der Waals surface area contributed by atoms with E-state index in [-0.39, 0.29) is 0 Å². The molecule has 2 aromatic carbocycles. The van der Waals surface area contributed by atoms with Gasteiger partial charge in [-0.25, -0.2) is 0 Å². The summed E-state index contributed by atoms with van der Waals surface area (Å²) in [4.78, 5) is 22.2. The molecular formula is C19H19NO4. The molecule has 124 valence electrons. The van der Waals surface area contributed by atoms with E-state index in [2.05, 4.69) is 5.32 Å². The van der Waals surface area contributed by atoms with Crippen LogP contribution in [0.5, 0.6) is 5.75 Å². The maximum absolute atomic E-state index is 11.6. The van der Waals surface area contributed by atoms with E-state index in [9.17, 15) is 9.59 Å². The Kier molecular flexibility index (Phi) is 6.14. The van der Waals surface area contributed by atoms with Gasteiger partial charge in [-0.1, -0.05) is 42.5 Å². The maximum Gasteiger partial charge on any atom is 0.325 e. The Morgan fingerprint density at radius 3 is 2.42 bits per heavy atom. The molecule has 1 atom stereocenters. The van der Waals surface area contributed by atoms with E-state index in [1.54, 1.807) is 6.08 Å². The number of aliphatic carboxylic acids is 1. The monoisotopic (exact) mass is 325 g/mol. The van der Waals surface area contributed by atoms with Crippen LogP contribution in [0.15, 0.2) is 60.7 Å². The summed E-state index contributed by atoms with van der Waals surface area (Å²) < 4.78 is 5.68. The average Bonchev–Trinajstić information content (AvgIpc) is 2.60. The summed E-state index contributed by atoms with van der Waals surface area (Å²) in [7, 11) is 0. The number of amides is 1. The van der Waals surface area contributed by atoms with Crippen molar-refractivity contribution in [2.45, 2.75) is 19.6 Å². The Bertz CT molecular complexity index is 708. The molecule has 1 amide bonds. The summed E-state index contributed by atoms with van der Waals surface area (Å²) in [5.74, 6) is -0.786. The minimum Gasteiger partial charge on any atom is -0.489 e. The van der Waals surface area contributed by atoms with Crippen LogP contribution in [-0.2, 0) is 16.2 Å². The molecule has 0 aliphatic heterocycles. The Hall–Kier alpha value is -3.08. The van der Waals surface area contributed by atoms with E-state index in [1.807, 2.05) is 54.6 Å². The minimum atomic E-state index is -1.07. The van der Waals surface area contributed by atoms with Crippen molar-refractivity contribution >= 4 is 18.0 Å². The third-order valence-electron chi connectivity index (χ3n) is 3.28. The molecule has 0 heterocycles. The zero-order chi connectivity index (χ0) is 17.4. The fraction of sp³-hybridized carbons (Fsp3) is 0.158. The van der Waals surface area contributed by atoms with Crippen molar-refractivity contribution < 1.29 is 19.4 Å². The van der Waals surface area contributed by atoms with Crippen LogP contribution in [0.4, 0.5) is 0 Å². The highest BCUT2D eigenvalue weighted by molar-refractivity contribution is 5.94. The van der Waals surface area contributed by atoms with Gasteiger partial charge in [-0.05, 0) is 36.3 Å². The van der Waals surface area contributed by atoms with Crippen molar-refractivity contribution in [3.63, 3.8) is 0 Å². The highest BCUT2D eigenvalue weighted by atomic mass is 16.5. The number of ether oxygens (including phenoxy) is 1. The molecular weight excluding hydrogens is 306 g/mol. The molecule has 0 spiro atoms. The van der Waals surface area contributed by atoms with E-state index in [4.69, 9.17) is 9.84 Å². The Morgan fingerprint density at radius 1 is 1.12 bits per heavy atom. The molecule has 0 saturated heterocycles. The first-order valence-electron chi connectivity index (χ1n) is 7.53. The number of carbonyl (C=O) groups excluding carboxylic acids is 1. The molecule has 0 aromatic heterocycles. The quantitative estimate of drug-likeness (QED) is 0.768. The lowest BCUT2D eigenvalue weighted by molar-refractivity contribution is -0.140. The number of hydrogen-bond donors (Lipinski definition) is 2. The predicted molar refractivity (Wildman–Crippen MR) is 91.5 cm³/mol. The second-order valence-electron chi connectivity index (χ2n) is 5.25. The van der Waals surface area contributed by atoms with E-state index in [0.717, 1.165) is 16.9 Å². The number of carbonyl (C=O) groups is 2. The lowest BCUT2D eigenvalue weighted by atomic mass is 10.2. The van der Waals surface area contributed by atoms with Crippen molar-refractivity contribution in [1.82, 2.24) is 5.32 Å². The normalized spacial score (nSPS) is 11.9. The summed E-state index contributed by atoms with van der Waals surface area (Å²) in [5.41, 5.74) is 1.91. The number of hydrogen-bond acceptors (Lipinski definition) is 3. The smallest absolute Gasteiger partial charge is 0.325 e. The third-order valence-corrected chi connectivity index (χ3v) is 3.28. The number of rotatable bonds is 7. The average molecular weight is 325 g/mol. The van der Waals surface area contributed by atoms with Crippen molar-refractivity contribution in [3.05, 3.63) is 71.8 Å². The Labute approximate surface area is 140 Å². The van der Waals surface area contributed by atoms with Gasteiger partial charge in [0.25, 0.3) is 0 Å². The van der Waals surface area contributed by atoms with Crippen LogP contribution in [0.1, 0.15) is 18.1 Å². The van der Waals surface area contributed by atoms with Crippen molar-refractivity contribution in [2.75, 3.05) is 0 Å². The van der Waals surface area contributed by atoms with Crippen molar-refractivity contribution in [1.29, 1.82) is 0 Å². The third kappa shape index (κ3) is 5.61. The first-order chi connectivity index (χ1) is 11.5. The second-order valence-corrected chi connectivity index (χ2v) is 5.25. The maximum atomic E-state index is 11.6. The fourth-order valence-electron chi connectivity index (χ4n) is 1.91. The lowest BCUT2D eigenvalue weighted by Gasteiger charge is -2.07. The topological polar surface area (TPSA) is 75.6 Å². The van der Waals surface area contributed by atoms with Gasteiger partial charge in [0, 0.05) is 6.08 Å². The predicted octanol–water partition coefficient (Wildman–Crippen LogP) is 2.87. The minimum absolute atomic E-state index is 0.450. The zero-order valence-electron chi connectivity index (χ0n) is 13.3. The van der Waals surface area contributed by atoms with Crippen LogP contribution in [-0.4, -0.2) is 23.0 Å². The van der Waals surface area contributed by atoms with E-state index in [1.165, 1.54) is 13.0 Å². The van der Waals surface area contributed by atoms with Crippen molar-refractivity contribution in [2.24, 2.45) is 0 Å². The van der Waals surface area contributed by atoms with Gasteiger partial charge in [0.15, 0.2) is 0 Å². The molecule has 2 rings (SSSR count). The SMILES string of the molecule is C[C@@H](NC(=O)C=Cc1ccc(OCc2ccccc2)cc1)C(=O)O. The van der Waals surface area contributed by atoms with Crippen LogP contribution >= 0.6 is 0 Å². The molecule has 0 saturated carbocycles. The molecule has 2 aromatic rings. The van der Waals surface area contributed by atoms with Crippen LogP contribution in [0.2, 0.25) is 0 Å². The van der Waals surface area contributed by atoms with E-state index < -0.39 is 17.9 Å². The summed E-state index contributed by atoms with van der Waals surface area (Å²) in [6.45, 7) is 1.90. The lowest BCUT2D eigenvalue weighted by Crippen LogP contribution is -2.37. The fourth-order valence-corrected chi connectivity index (χ4v) is 1.91. The van der Waals surface area contributed by atoms with E-state index >= 15 is 0 Å². The zero-order valence-corrected chi connectivity index (χ0v) is 13.3. The summed E-state index contributed by atoms with van der Waals surface area (Å²) >= 11 is 0. The first kappa shape index (κ1) is 17.3. The van der Waals surface area contributed by atoms with Crippen LogP contribution < -0.4 is 10.1 Å². The van der Waals surface area contributed by atoms with E-state index in [0.29, 0.717) is 6.61 Å². The molecule has 2 N–H and O–H groups in total. The molecule has 24 heavy (non-hydrogen) atoms. The van der Waals surface area contributed by atoms with Crippen LogP contribution in [0.3, 0.4) is 0 Å². The highest BCUT2D eigenvalue weighted by Crippen LogP contribution is 2.15. The number of carboxylic acids is 1. The molecule has 0 radical (unpaired) electrons. The molecule has 0 aliphatic carbocycles. The van der Waals surface area contributed by atoms with Gasteiger partial charge in [-0.2, -0.15) is 0 Å². The van der Waals surface area contributed by atoms with Crippen molar-refractivity contribution in [3.8, 4) is 5.75 Å².